The van der Waals surface area contributed by atoms with E-state index in [1.807, 2.05) is 24.3 Å². The molecule has 5 nitrogen and oxygen atoms in total. The van der Waals surface area contributed by atoms with Crippen LogP contribution in [0.2, 0.25) is 0 Å². The summed E-state index contributed by atoms with van der Waals surface area (Å²) in [5, 5.41) is 0. The molecule has 116 valence electrons. The molecular weight excluding hydrogens is 298 g/mol. The number of rotatable bonds is 5. The topological polar surface area (TPSA) is 63.2 Å². The zero-order valence-corrected chi connectivity index (χ0v) is 13.2. The molecule has 0 N–H and O–H groups in total. The molecule has 2 aliphatic rings. The Balaban J connectivity index is 1.42. The van der Waals surface area contributed by atoms with Gasteiger partial charge in [-0.2, -0.15) is 0 Å². The van der Waals surface area contributed by atoms with Crippen molar-refractivity contribution in [3.8, 4) is 0 Å². The van der Waals surface area contributed by atoms with E-state index in [0.717, 1.165) is 23.1 Å². The van der Waals surface area contributed by atoms with Crippen molar-refractivity contribution in [2.75, 3.05) is 18.8 Å². The lowest BCUT2D eigenvalue weighted by molar-refractivity contribution is 0.260. The summed E-state index contributed by atoms with van der Waals surface area (Å²) in [5.74, 6) is 1.12. The van der Waals surface area contributed by atoms with Crippen molar-refractivity contribution >= 4 is 21.1 Å². The Morgan fingerprint density at radius 1 is 1.14 bits per heavy atom. The van der Waals surface area contributed by atoms with Crippen molar-refractivity contribution < 1.29 is 8.42 Å². The lowest BCUT2D eigenvalue weighted by Crippen LogP contribution is -2.49. The van der Waals surface area contributed by atoms with Crippen LogP contribution in [-0.2, 0) is 10.0 Å². The second-order valence-corrected chi connectivity index (χ2v) is 8.43. The van der Waals surface area contributed by atoms with Gasteiger partial charge >= 0.3 is 0 Å². The van der Waals surface area contributed by atoms with Crippen molar-refractivity contribution in [2.24, 2.45) is 5.92 Å². The normalized spacial score (nSPS) is 20.2. The van der Waals surface area contributed by atoms with Crippen LogP contribution in [0.3, 0.4) is 0 Å². The monoisotopic (exact) mass is 317 g/mol. The summed E-state index contributed by atoms with van der Waals surface area (Å²) in [4.78, 5) is 9.02. The Morgan fingerprint density at radius 3 is 2.59 bits per heavy atom. The van der Waals surface area contributed by atoms with Crippen molar-refractivity contribution in [3.63, 3.8) is 0 Å². The van der Waals surface area contributed by atoms with Crippen LogP contribution in [0.15, 0.2) is 30.5 Å². The van der Waals surface area contributed by atoms with E-state index < -0.39 is 10.0 Å². The Kier molecular flexibility index (Phi) is 3.38. The van der Waals surface area contributed by atoms with Crippen molar-refractivity contribution in [3.05, 3.63) is 36.2 Å². The summed E-state index contributed by atoms with van der Waals surface area (Å²) >= 11 is 0. The summed E-state index contributed by atoms with van der Waals surface area (Å²) in [7, 11) is -3.08. The SMILES string of the molecule is O=S(=O)(CCC1CC1)N1CC(c2cnc3ccccc3n2)C1. The highest BCUT2D eigenvalue weighted by molar-refractivity contribution is 7.89. The van der Waals surface area contributed by atoms with Gasteiger partial charge in [-0.05, 0) is 24.5 Å². The fraction of sp³-hybridized carbons (Fsp3) is 0.500. The first-order chi connectivity index (χ1) is 10.6. The molecule has 1 aromatic carbocycles. The van der Waals surface area contributed by atoms with Crippen LogP contribution in [0.1, 0.15) is 30.9 Å². The number of hydrogen-bond donors (Lipinski definition) is 0. The number of benzene rings is 1. The molecule has 1 aliphatic heterocycles. The second kappa shape index (κ2) is 5.28. The predicted octanol–water partition coefficient (Wildman–Crippen LogP) is 2.16. The summed E-state index contributed by atoms with van der Waals surface area (Å²) in [5.41, 5.74) is 2.64. The van der Waals surface area contributed by atoms with E-state index >= 15 is 0 Å². The molecule has 1 aromatic heterocycles. The molecule has 4 rings (SSSR count). The molecule has 2 fully saturated rings. The number of fused-ring (bicyclic) bond motifs is 1. The average molecular weight is 317 g/mol. The first-order valence-corrected chi connectivity index (χ1v) is 9.42. The third-order valence-corrected chi connectivity index (χ3v) is 6.44. The Hall–Kier alpha value is -1.53. The minimum absolute atomic E-state index is 0.174. The number of nitrogens with zero attached hydrogens (tertiary/aromatic N) is 3. The molecule has 22 heavy (non-hydrogen) atoms. The van der Waals surface area contributed by atoms with E-state index in [4.69, 9.17) is 0 Å². The van der Waals surface area contributed by atoms with Gasteiger partial charge in [0.05, 0.1) is 22.5 Å². The molecule has 0 radical (unpaired) electrons. The van der Waals surface area contributed by atoms with Gasteiger partial charge < -0.3 is 0 Å². The quantitative estimate of drug-likeness (QED) is 0.848. The minimum atomic E-state index is -3.08. The van der Waals surface area contributed by atoms with Crippen LogP contribution >= 0.6 is 0 Å². The third kappa shape index (κ3) is 2.73. The van der Waals surface area contributed by atoms with Gasteiger partial charge in [0.25, 0.3) is 0 Å². The maximum absolute atomic E-state index is 12.2. The third-order valence-electron chi connectivity index (χ3n) is 4.61. The van der Waals surface area contributed by atoms with Crippen LogP contribution < -0.4 is 0 Å². The molecular formula is C16H19N3O2S. The zero-order chi connectivity index (χ0) is 15.2. The molecule has 2 heterocycles. The van der Waals surface area contributed by atoms with Gasteiger partial charge in [0.2, 0.25) is 10.0 Å². The van der Waals surface area contributed by atoms with E-state index in [2.05, 4.69) is 9.97 Å². The lowest BCUT2D eigenvalue weighted by atomic mass is 10.00. The number of para-hydroxylation sites is 2. The molecule has 2 aromatic rings. The Labute approximate surface area is 130 Å². The number of sulfonamides is 1. The minimum Gasteiger partial charge on any atom is -0.253 e. The van der Waals surface area contributed by atoms with E-state index in [0.29, 0.717) is 24.8 Å². The highest BCUT2D eigenvalue weighted by Crippen LogP contribution is 2.34. The fourth-order valence-corrected chi connectivity index (χ4v) is 4.58. The summed E-state index contributed by atoms with van der Waals surface area (Å²) in [6.07, 6.45) is 5.00. The molecule has 6 heteroatoms. The maximum Gasteiger partial charge on any atom is 0.214 e. The van der Waals surface area contributed by atoms with Gasteiger partial charge in [-0.15, -0.1) is 0 Å². The molecule has 1 saturated carbocycles. The molecule has 1 saturated heterocycles. The number of hydrogen-bond acceptors (Lipinski definition) is 4. The van der Waals surface area contributed by atoms with Gasteiger partial charge in [0, 0.05) is 25.2 Å². The largest absolute Gasteiger partial charge is 0.253 e. The molecule has 0 amide bonds. The van der Waals surface area contributed by atoms with Gasteiger partial charge in [0.1, 0.15) is 0 Å². The second-order valence-electron chi connectivity index (χ2n) is 6.35. The van der Waals surface area contributed by atoms with Crippen LogP contribution in [0.4, 0.5) is 0 Å². The molecule has 0 atom stereocenters. The van der Waals surface area contributed by atoms with E-state index in [1.165, 1.54) is 12.8 Å². The van der Waals surface area contributed by atoms with Crippen LogP contribution in [-0.4, -0.2) is 41.5 Å². The van der Waals surface area contributed by atoms with Gasteiger partial charge in [-0.1, -0.05) is 25.0 Å². The Bertz CT molecular complexity index is 796. The van der Waals surface area contributed by atoms with Gasteiger partial charge in [0.15, 0.2) is 0 Å². The number of aromatic nitrogens is 2. The highest BCUT2D eigenvalue weighted by Gasteiger charge is 2.38. The molecule has 0 unspecified atom stereocenters. The first kappa shape index (κ1) is 14.1. The summed E-state index contributed by atoms with van der Waals surface area (Å²) in [6, 6.07) is 7.75. The maximum atomic E-state index is 12.2. The summed E-state index contributed by atoms with van der Waals surface area (Å²) < 4.78 is 26.0. The predicted molar refractivity (Wildman–Crippen MR) is 85.0 cm³/mol. The van der Waals surface area contributed by atoms with Crippen molar-refractivity contribution in [1.29, 1.82) is 0 Å². The molecule has 0 spiro atoms. The Morgan fingerprint density at radius 2 is 1.86 bits per heavy atom. The molecule has 0 bridgehead atoms. The standard InChI is InChI=1S/C16H19N3O2S/c20-22(21,8-7-12-5-6-12)19-10-13(11-19)16-9-17-14-3-1-2-4-15(14)18-16/h1-4,9,12-13H,5-8,10-11H2. The lowest BCUT2D eigenvalue weighted by Gasteiger charge is -2.37. The van der Waals surface area contributed by atoms with Crippen molar-refractivity contribution in [1.82, 2.24) is 14.3 Å². The highest BCUT2D eigenvalue weighted by atomic mass is 32.2. The van der Waals surface area contributed by atoms with E-state index in [-0.39, 0.29) is 5.92 Å². The van der Waals surface area contributed by atoms with Crippen LogP contribution in [0, 0.1) is 5.92 Å². The van der Waals surface area contributed by atoms with Crippen LogP contribution in [0.25, 0.3) is 11.0 Å². The van der Waals surface area contributed by atoms with Gasteiger partial charge in [-0.3, -0.25) is 4.98 Å². The fourth-order valence-electron chi connectivity index (χ4n) is 2.87. The average Bonchev–Trinajstić information content (AvgIpc) is 3.27. The smallest absolute Gasteiger partial charge is 0.214 e. The van der Waals surface area contributed by atoms with E-state index in [1.54, 1.807) is 10.5 Å². The van der Waals surface area contributed by atoms with E-state index in [9.17, 15) is 8.42 Å². The zero-order valence-electron chi connectivity index (χ0n) is 12.4. The van der Waals surface area contributed by atoms with Crippen molar-refractivity contribution in [2.45, 2.75) is 25.2 Å². The first-order valence-electron chi connectivity index (χ1n) is 7.81. The van der Waals surface area contributed by atoms with Gasteiger partial charge in [-0.25, -0.2) is 17.7 Å². The van der Waals surface area contributed by atoms with Crippen LogP contribution in [0.5, 0.6) is 0 Å². The summed E-state index contributed by atoms with van der Waals surface area (Å²) in [6.45, 7) is 1.08. The molecule has 1 aliphatic carbocycles.